The van der Waals surface area contributed by atoms with Crippen molar-refractivity contribution in [2.75, 3.05) is 11.5 Å². The molecule has 5 N–H and O–H groups in total. The van der Waals surface area contributed by atoms with E-state index in [2.05, 4.69) is 15.5 Å². The number of β-lactam (4-membered cyclic amide) rings is 1. The second kappa shape index (κ2) is 11.0. The van der Waals surface area contributed by atoms with Crippen LogP contribution in [0.2, 0.25) is 4.34 Å². The van der Waals surface area contributed by atoms with Crippen molar-refractivity contribution in [1.29, 1.82) is 0 Å². The number of aliphatic carboxylic acids is 2. The van der Waals surface area contributed by atoms with E-state index in [1.54, 1.807) is 0 Å². The normalized spacial score (nSPS) is 19.5. The highest BCUT2D eigenvalue weighted by molar-refractivity contribution is 8.00. The van der Waals surface area contributed by atoms with Gasteiger partial charge in [0.2, 0.25) is 11.6 Å². The number of carboxylic acids is 2. The fourth-order valence-corrected chi connectivity index (χ4v) is 6.75. The Morgan fingerprint density at radius 3 is 2.78 bits per heavy atom. The largest absolute Gasteiger partial charge is 0.478 e. The molecular weight excluding hydrogens is 598 g/mol. The molecule has 0 saturated carbocycles. The Hall–Kier alpha value is -4.15. The van der Waals surface area contributed by atoms with Crippen LogP contribution in [0.15, 0.2) is 47.0 Å². The van der Waals surface area contributed by atoms with E-state index in [1.807, 2.05) is 46.8 Å². The van der Waals surface area contributed by atoms with Crippen molar-refractivity contribution >= 4 is 80.3 Å². The molecule has 3 aromatic heterocycles. The molecule has 3 atom stereocenters. The third kappa shape index (κ3) is 5.20. The van der Waals surface area contributed by atoms with Crippen LogP contribution in [0, 0.1) is 0 Å². The Bertz CT molecular complexity index is 1670. The van der Waals surface area contributed by atoms with Gasteiger partial charge in [0.15, 0.2) is 23.6 Å². The Kier molecular flexibility index (Phi) is 7.63. The molecule has 3 aromatic rings. The van der Waals surface area contributed by atoms with Crippen molar-refractivity contribution in [2.24, 2.45) is 12.2 Å². The van der Waals surface area contributed by atoms with Gasteiger partial charge in [-0.2, -0.15) is 4.57 Å². The fourth-order valence-electron chi connectivity index (χ4n) is 4.48. The predicted octanol–water partition coefficient (Wildman–Crippen LogP) is 0.791. The number of aryl methyl sites for hydroxylation is 1. The van der Waals surface area contributed by atoms with E-state index in [0.717, 1.165) is 27.3 Å². The van der Waals surface area contributed by atoms with Gasteiger partial charge in [0.1, 0.15) is 32.7 Å². The highest BCUT2D eigenvalue weighted by Crippen LogP contribution is 2.40. The molecular formula is C24H23ClN7O7S2+. The van der Waals surface area contributed by atoms with Gasteiger partial charge in [0.05, 0.1) is 0 Å². The number of nitrogens with one attached hydrogen (secondary N) is 1. The van der Waals surface area contributed by atoms with Crippen LogP contribution < -0.4 is 15.6 Å². The number of hydrogen-bond donors (Lipinski definition) is 4. The number of carboxylic acid groups (broad SMARTS) is 2. The summed E-state index contributed by atoms with van der Waals surface area (Å²) in [7, 11) is 1.91. The maximum atomic E-state index is 13.2. The number of nitrogens with two attached hydrogens (primary N) is 1. The predicted molar refractivity (Wildman–Crippen MR) is 149 cm³/mol. The second-order valence-electron chi connectivity index (χ2n) is 9.15. The van der Waals surface area contributed by atoms with Crippen molar-refractivity contribution in [2.45, 2.75) is 31.0 Å². The molecule has 214 valence electrons. The van der Waals surface area contributed by atoms with E-state index in [-0.39, 0.29) is 27.4 Å². The van der Waals surface area contributed by atoms with Crippen LogP contribution in [0.25, 0.3) is 11.0 Å². The second-order valence-corrected chi connectivity index (χ2v) is 11.9. The number of fused-ring (bicyclic) bond motifs is 2. The molecule has 0 spiro atoms. The van der Waals surface area contributed by atoms with Crippen LogP contribution in [-0.4, -0.2) is 77.4 Å². The standard InChI is InChI=1S/C24H22ClN7O7S2/c1-10(22(35)36)39-29-15(14-18(25)41-24(26)28-14)19(33)27-16-20(34)32-17(23(37)38)11(9-40-21(16)32)8-31-6-3-4-12-13(31)5-7-30(12)2/h3-7,10,16,21H,8-9H2,1-2H3,(H4-,26,27,28,33,35,36,37,38)/p+1/b29-15-/t10-,16?,21?/m0/s1. The number of hydrogen-bond acceptors (Lipinski definition) is 10. The lowest BCUT2D eigenvalue weighted by Crippen LogP contribution is -2.71. The molecule has 17 heteroatoms. The summed E-state index contributed by atoms with van der Waals surface area (Å²) in [4.78, 5) is 60.0. The quantitative estimate of drug-likeness (QED) is 0.115. The first kappa shape index (κ1) is 28.4. The van der Waals surface area contributed by atoms with Crippen LogP contribution in [0.4, 0.5) is 5.13 Å². The van der Waals surface area contributed by atoms with Crippen LogP contribution in [0.5, 0.6) is 0 Å². The number of anilines is 1. The number of amides is 2. The van der Waals surface area contributed by atoms with Crippen LogP contribution >= 0.6 is 34.7 Å². The number of oxime groups is 1. The number of carbonyl (C=O) groups is 4. The minimum absolute atomic E-state index is 0.00302. The summed E-state index contributed by atoms with van der Waals surface area (Å²) in [6.07, 6.45) is 2.35. The van der Waals surface area contributed by atoms with Gasteiger partial charge in [-0.3, -0.25) is 14.5 Å². The summed E-state index contributed by atoms with van der Waals surface area (Å²) in [5.74, 6) is -3.84. The summed E-state index contributed by atoms with van der Waals surface area (Å²) < 4.78 is 3.87. The number of thiazole rings is 1. The Morgan fingerprint density at radius 2 is 2.12 bits per heavy atom. The number of aromatic nitrogens is 3. The molecule has 41 heavy (non-hydrogen) atoms. The Balaban J connectivity index is 1.39. The molecule has 0 aliphatic carbocycles. The van der Waals surface area contributed by atoms with Crippen molar-refractivity contribution in [3.63, 3.8) is 0 Å². The molecule has 0 bridgehead atoms. The number of thioether (sulfide) groups is 1. The van der Waals surface area contributed by atoms with Gasteiger partial charge in [-0.15, -0.1) is 11.8 Å². The summed E-state index contributed by atoms with van der Waals surface area (Å²) in [5.41, 5.74) is 7.35. The molecule has 2 unspecified atom stereocenters. The number of nitrogens with zero attached hydrogens (tertiary/aromatic N) is 5. The summed E-state index contributed by atoms with van der Waals surface area (Å²) >= 11 is 8.32. The number of carbonyl (C=O) groups excluding carboxylic acids is 2. The van der Waals surface area contributed by atoms with Gasteiger partial charge in [0, 0.05) is 36.7 Å². The van der Waals surface area contributed by atoms with E-state index in [9.17, 15) is 24.3 Å². The van der Waals surface area contributed by atoms with E-state index >= 15 is 0 Å². The minimum Gasteiger partial charge on any atom is -0.478 e. The van der Waals surface area contributed by atoms with Gasteiger partial charge in [-0.25, -0.2) is 14.6 Å². The van der Waals surface area contributed by atoms with Gasteiger partial charge in [-0.05, 0) is 13.0 Å². The average Bonchev–Trinajstić information content (AvgIpc) is 3.47. The van der Waals surface area contributed by atoms with Gasteiger partial charge in [-0.1, -0.05) is 28.1 Å². The molecule has 0 radical (unpaired) electrons. The molecule has 1 saturated heterocycles. The van der Waals surface area contributed by atoms with Crippen molar-refractivity contribution in [3.05, 3.63) is 51.9 Å². The van der Waals surface area contributed by atoms with Gasteiger partial charge >= 0.3 is 11.9 Å². The van der Waals surface area contributed by atoms with Crippen molar-refractivity contribution in [3.8, 4) is 0 Å². The lowest BCUT2D eigenvalue weighted by molar-refractivity contribution is -0.663. The molecule has 1 fully saturated rings. The molecule has 2 amide bonds. The highest BCUT2D eigenvalue weighted by atomic mass is 35.5. The number of halogens is 1. The van der Waals surface area contributed by atoms with Crippen molar-refractivity contribution < 1.29 is 38.8 Å². The first-order valence-corrected chi connectivity index (χ1v) is 14.2. The summed E-state index contributed by atoms with van der Waals surface area (Å²) in [6.45, 7) is 1.46. The number of nitrogen functional groups attached to an aromatic ring is 1. The topological polar surface area (TPSA) is 193 Å². The zero-order chi connectivity index (χ0) is 29.6. The molecule has 0 aromatic carbocycles. The third-order valence-electron chi connectivity index (χ3n) is 6.52. The van der Waals surface area contributed by atoms with Gasteiger partial charge < -0.3 is 30.7 Å². The number of pyridine rings is 1. The first-order valence-electron chi connectivity index (χ1n) is 12.0. The van der Waals surface area contributed by atoms with Crippen LogP contribution in [0.1, 0.15) is 12.6 Å². The van der Waals surface area contributed by atoms with E-state index in [0.29, 0.717) is 11.3 Å². The highest BCUT2D eigenvalue weighted by Gasteiger charge is 2.55. The molecule has 5 heterocycles. The Morgan fingerprint density at radius 1 is 1.37 bits per heavy atom. The maximum absolute atomic E-state index is 13.2. The molecule has 2 aliphatic heterocycles. The minimum atomic E-state index is -1.40. The molecule has 5 rings (SSSR count). The third-order valence-corrected chi connectivity index (χ3v) is 8.94. The lowest BCUT2D eigenvalue weighted by Gasteiger charge is -2.49. The maximum Gasteiger partial charge on any atom is 0.352 e. The SMILES string of the molecule is C[C@H](O/N=C(\C(=O)NC1C(=O)N2C(C(=O)O)=C(C[n+]3cccc4c3ccn4C)CSC12)c1nc(N)sc1Cl)C(=O)O. The Labute approximate surface area is 245 Å². The van der Waals surface area contributed by atoms with Crippen LogP contribution in [-0.2, 0) is 37.6 Å². The summed E-state index contributed by atoms with van der Waals surface area (Å²) in [6, 6.07) is 4.65. The van der Waals surface area contributed by atoms with E-state index in [4.69, 9.17) is 27.3 Å². The van der Waals surface area contributed by atoms with Crippen molar-refractivity contribution in [1.82, 2.24) is 19.8 Å². The number of rotatable bonds is 9. The van der Waals surface area contributed by atoms with Gasteiger partial charge in [0.25, 0.3) is 11.8 Å². The molecule has 14 nitrogen and oxygen atoms in total. The lowest BCUT2D eigenvalue weighted by atomic mass is 10.0. The monoisotopic (exact) mass is 620 g/mol. The zero-order valence-corrected chi connectivity index (χ0v) is 23.9. The smallest absolute Gasteiger partial charge is 0.352 e. The van der Waals surface area contributed by atoms with E-state index < -0.39 is 47.0 Å². The van der Waals surface area contributed by atoms with Crippen LogP contribution in [0.3, 0.4) is 0 Å². The summed E-state index contributed by atoms with van der Waals surface area (Å²) in [5, 5.41) is 24.7. The average molecular weight is 621 g/mol. The molecule has 2 aliphatic rings. The first-order chi connectivity index (χ1) is 19.5. The zero-order valence-electron chi connectivity index (χ0n) is 21.5. The fraction of sp³-hybridized carbons (Fsp3) is 0.292. The van der Waals surface area contributed by atoms with E-state index in [1.165, 1.54) is 18.7 Å².